The average molecular weight is 300 g/mol. The maximum absolute atomic E-state index is 12.0. The topological polar surface area (TPSA) is 98.3 Å². The molecule has 1 rings (SSSR count). The number of amides is 1. The van der Waals surface area contributed by atoms with E-state index in [0.717, 1.165) is 6.42 Å². The molecule has 0 aromatic heterocycles. The number of hydrogen-bond donors (Lipinski definition) is 2. The normalized spacial score (nSPS) is 13.7. The molecule has 6 nitrogen and oxygen atoms in total. The van der Waals surface area contributed by atoms with Gasteiger partial charge in [-0.3, -0.25) is 14.9 Å². The molecule has 0 aliphatic heterocycles. The van der Waals surface area contributed by atoms with E-state index >= 15 is 0 Å². The molecule has 1 aromatic carbocycles. The van der Waals surface area contributed by atoms with Crippen LogP contribution in [0.3, 0.4) is 0 Å². The van der Waals surface area contributed by atoms with Crippen LogP contribution in [-0.2, 0) is 4.79 Å². The van der Waals surface area contributed by atoms with Crippen LogP contribution >= 0.6 is 11.6 Å². The van der Waals surface area contributed by atoms with Crippen molar-refractivity contribution in [2.24, 2.45) is 11.7 Å². The zero-order chi connectivity index (χ0) is 15.4. The van der Waals surface area contributed by atoms with Gasteiger partial charge in [-0.05, 0) is 24.5 Å². The highest BCUT2D eigenvalue weighted by Crippen LogP contribution is 2.30. The van der Waals surface area contributed by atoms with E-state index in [9.17, 15) is 14.9 Å². The first kappa shape index (κ1) is 16.4. The van der Waals surface area contributed by atoms with Crippen LogP contribution in [0.1, 0.15) is 25.8 Å². The maximum atomic E-state index is 12.0. The van der Waals surface area contributed by atoms with Crippen LogP contribution in [0, 0.1) is 23.0 Å². The van der Waals surface area contributed by atoms with Gasteiger partial charge in [-0.1, -0.05) is 31.9 Å². The van der Waals surface area contributed by atoms with Gasteiger partial charge in [0.05, 0.1) is 11.0 Å². The molecule has 0 aliphatic carbocycles. The highest BCUT2D eigenvalue weighted by Gasteiger charge is 2.21. The Morgan fingerprint density at radius 2 is 2.15 bits per heavy atom. The molecule has 0 bridgehead atoms. The summed E-state index contributed by atoms with van der Waals surface area (Å²) in [4.78, 5) is 22.2. The van der Waals surface area contributed by atoms with Gasteiger partial charge in [-0.2, -0.15) is 0 Å². The smallest absolute Gasteiger partial charge is 0.288 e. The summed E-state index contributed by atoms with van der Waals surface area (Å²) in [6, 6.07) is 2.07. The predicted octanol–water partition coefficient (Wildman–Crippen LogP) is 2.87. The summed E-state index contributed by atoms with van der Waals surface area (Å²) < 4.78 is 0. The first-order valence-electron chi connectivity index (χ1n) is 6.28. The van der Waals surface area contributed by atoms with Crippen LogP contribution in [0.5, 0.6) is 0 Å². The monoisotopic (exact) mass is 299 g/mol. The molecule has 0 spiro atoms. The summed E-state index contributed by atoms with van der Waals surface area (Å²) in [5.41, 5.74) is 6.64. The Balaban J connectivity index is 2.97. The summed E-state index contributed by atoms with van der Waals surface area (Å²) in [5.74, 6) is -0.281. The molecular formula is C13H18ClN3O3. The Labute approximate surface area is 122 Å². The molecule has 0 saturated carbocycles. The second-order valence-electron chi connectivity index (χ2n) is 4.78. The number of nitrogens with two attached hydrogens (primary N) is 1. The number of nitro benzene ring substituents is 1. The lowest BCUT2D eigenvalue weighted by Crippen LogP contribution is -2.40. The van der Waals surface area contributed by atoms with Gasteiger partial charge in [0.25, 0.3) is 5.69 Å². The fourth-order valence-electron chi connectivity index (χ4n) is 1.67. The molecule has 0 radical (unpaired) electrons. The van der Waals surface area contributed by atoms with Crippen LogP contribution in [0.15, 0.2) is 12.1 Å². The van der Waals surface area contributed by atoms with Crippen molar-refractivity contribution < 1.29 is 9.72 Å². The minimum atomic E-state index is -0.631. The number of anilines is 1. The van der Waals surface area contributed by atoms with E-state index < -0.39 is 11.0 Å². The fourth-order valence-corrected chi connectivity index (χ4v) is 1.90. The van der Waals surface area contributed by atoms with E-state index in [0.29, 0.717) is 11.3 Å². The summed E-state index contributed by atoms with van der Waals surface area (Å²) in [5, 5.41) is 13.4. The molecular weight excluding hydrogens is 282 g/mol. The standard InChI is InChI=1S/C13H18ClN3O3/c1-4-7(2)12(15)13(18)16-10-6-9(14)11(17(19)20)5-8(10)3/h5-7,12H,4,15H2,1-3H3,(H,16,18)/t7?,12-/m0/s1. The summed E-state index contributed by atoms with van der Waals surface area (Å²) in [6.07, 6.45) is 0.786. The van der Waals surface area contributed by atoms with E-state index in [1.807, 2.05) is 13.8 Å². The van der Waals surface area contributed by atoms with Crippen LogP contribution < -0.4 is 11.1 Å². The number of benzene rings is 1. The summed E-state index contributed by atoms with van der Waals surface area (Å²) >= 11 is 5.82. The number of halogens is 1. The number of carbonyl (C=O) groups excluding carboxylic acids is 1. The first-order chi connectivity index (χ1) is 9.27. The van der Waals surface area contributed by atoms with Crippen LogP contribution in [0.2, 0.25) is 5.02 Å². The predicted molar refractivity (Wildman–Crippen MR) is 78.9 cm³/mol. The van der Waals surface area contributed by atoms with Gasteiger partial charge in [-0.15, -0.1) is 0 Å². The van der Waals surface area contributed by atoms with Crippen molar-refractivity contribution in [3.05, 3.63) is 32.8 Å². The van der Waals surface area contributed by atoms with Crippen molar-refractivity contribution in [1.29, 1.82) is 0 Å². The summed E-state index contributed by atoms with van der Waals surface area (Å²) in [7, 11) is 0. The molecule has 0 saturated heterocycles. The van der Waals surface area contributed by atoms with Gasteiger partial charge in [0.15, 0.2) is 0 Å². The SMILES string of the molecule is CCC(C)[C@H](N)C(=O)Nc1cc(Cl)c([N+](=O)[O-])cc1C. The zero-order valence-electron chi connectivity index (χ0n) is 11.6. The number of nitro groups is 1. The van der Waals surface area contributed by atoms with Crippen LogP contribution in [0.4, 0.5) is 11.4 Å². The number of nitrogens with zero attached hydrogens (tertiary/aromatic N) is 1. The quantitative estimate of drug-likeness (QED) is 0.645. The number of hydrogen-bond acceptors (Lipinski definition) is 4. The minimum Gasteiger partial charge on any atom is -0.324 e. The molecule has 0 aliphatic rings. The molecule has 110 valence electrons. The van der Waals surface area contributed by atoms with Gasteiger partial charge in [-0.25, -0.2) is 0 Å². The molecule has 0 heterocycles. The molecule has 7 heteroatoms. The Hall–Kier alpha value is -1.66. The van der Waals surface area contributed by atoms with Gasteiger partial charge in [0.2, 0.25) is 5.91 Å². The van der Waals surface area contributed by atoms with Crippen molar-refractivity contribution >= 4 is 28.9 Å². The fraction of sp³-hybridized carbons (Fsp3) is 0.462. The van der Waals surface area contributed by atoms with Gasteiger partial charge >= 0.3 is 0 Å². The third-order valence-corrected chi connectivity index (χ3v) is 3.61. The molecule has 3 N–H and O–H groups in total. The van der Waals surface area contributed by atoms with E-state index in [-0.39, 0.29) is 22.5 Å². The van der Waals surface area contributed by atoms with Crippen molar-refractivity contribution in [3.8, 4) is 0 Å². The van der Waals surface area contributed by atoms with Gasteiger partial charge in [0, 0.05) is 11.8 Å². The molecule has 1 amide bonds. The number of nitrogens with one attached hydrogen (secondary N) is 1. The molecule has 1 aromatic rings. The molecule has 1 unspecified atom stereocenters. The number of carbonyl (C=O) groups is 1. The lowest BCUT2D eigenvalue weighted by Gasteiger charge is -2.18. The van der Waals surface area contributed by atoms with Crippen LogP contribution in [0.25, 0.3) is 0 Å². The lowest BCUT2D eigenvalue weighted by atomic mass is 9.99. The highest BCUT2D eigenvalue weighted by molar-refractivity contribution is 6.33. The Morgan fingerprint density at radius 3 is 2.65 bits per heavy atom. The average Bonchev–Trinajstić information content (AvgIpc) is 2.40. The van der Waals surface area contributed by atoms with Crippen molar-refractivity contribution in [3.63, 3.8) is 0 Å². The van der Waals surface area contributed by atoms with E-state index in [2.05, 4.69) is 5.32 Å². The Kier molecular flexibility index (Phi) is 5.47. The zero-order valence-corrected chi connectivity index (χ0v) is 12.4. The van der Waals surface area contributed by atoms with Gasteiger partial charge < -0.3 is 11.1 Å². The van der Waals surface area contributed by atoms with Crippen molar-refractivity contribution in [2.45, 2.75) is 33.2 Å². The van der Waals surface area contributed by atoms with E-state index in [1.165, 1.54) is 12.1 Å². The second kappa shape index (κ2) is 6.67. The molecule has 20 heavy (non-hydrogen) atoms. The third kappa shape index (κ3) is 3.68. The highest BCUT2D eigenvalue weighted by atomic mass is 35.5. The molecule has 0 fully saturated rings. The maximum Gasteiger partial charge on any atom is 0.288 e. The molecule has 2 atom stereocenters. The van der Waals surface area contributed by atoms with Gasteiger partial charge in [0.1, 0.15) is 5.02 Å². The lowest BCUT2D eigenvalue weighted by molar-refractivity contribution is -0.384. The minimum absolute atomic E-state index is 0.0204. The van der Waals surface area contributed by atoms with Crippen LogP contribution in [-0.4, -0.2) is 16.9 Å². The Morgan fingerprint density at radius 1 is 1.55 bits per heavy atom. The summed E-state index contributed by atoms with van der Waals surface area (Å²) in [6.45, 7) is 5.50. The number of aryl methyl sites for hydroxylation is 1. The van der Waals surface area contributed by atoms with Crippen molar-refractivity contribution in [1.82, 2.24) is 0 Å². The Bertz CT molecular complexity index is 534. The van der Waals surface area contributed by atoms with E-state index in [4.69, 9.17) is 17.3 Å². The van der Waals surface area contributed by atoms with E-state index in [1.54, 1.807) is 6.92 Å². The first-order valence-corrected chi connectivity index (χ1v) is 6.66. The number of rotatable bonds is 5. The third-order valence-electron chi connectivity index (χ3n) is 3.31. The largest absolute Gasteiger partial charge is 0.324 e. The second-order valence-corrected chi connectivity index (χ2v) is 5.18. The van der Waals surface area contributed by atoms with Crippen molar-refractivity contribution in [2.75, 3.05) is 5.32 Å².